The summed E-state index contributed by atoms with van der Waals surface area (Å²) in [6.07, 6.45) is 3.68. The van der Waals surface area contributed by atoms with E-state index in [1.54, 1.807) is 0 Å². The van der Waals surface area contributed by atoms with Gasteiger partial charge in [0.25, 0.3) is 0 Å². The van der Waals surface area contributed by atoms with E-state index < -0.39 is 0 Å². The van der Waals surface area contributed by atoms with Crippen LogP contribution in [0.4, 0.5) is 0 Å². The molecular weight excluding hydrogens is 226 g/mol. The maximum atomic E-state index is 5.53. The molecule has 0 rings (SSSR count). The molecule has 0 atom stereocenters. The lowest BCUT2D eigenvalue weighted by Crippen LogP contribution is -2.27. The predicted molar refractivity (Wildman–Crippen MR) is 78.1 cm³/mol. The quantitative estimate of drug-likeness (QED) is 0.578. The highest BCUT2D eigenvalue weighted by Crippen LogP contribution is 2.21. The third-order valence-electron chi connectivity index (χ3n) is 2.64. The lowest BCUT2D eigenvalue weighted by atomic mass is 9.90. The second kappa shape index (κ2) is 10.8. The molecule has 0 aliphatic carbocycles. The van der Waals surface area contributed by atoms with Gasteiger partial charge in [0, 0.05) is 19.2 Å². The molecule has 0 unspecified atom stereocenters. The Bertz CT molecular complexity index is 176. The first-order valence-electron chi connectivity index (χ1n) is 7.31. The summed E-state index contributed by atoms with van der Waals surface area (Å²) in [5.41, 5.74) is 0.451. The zero-order valence-corrected chi connectivity index (χ0v) is 13.1. The van der Waals surface area contributed by atoms with Crippen LogP contribution >= 0.6 is 0 Å². The molecule has 0 fully saturated rings. The van der Waals surface area contributed by atoms with Crippen molar-refractivity contribution in [2.75, 3.05) is 33.0 Å². The zero-order chi connectivity index (χ0) is 13.9. The van der Waals surface area contributed by atoms with E-state index in [-0.39, 0.29) is 0 Å². The van der Waals surface area contributed by atoms with Gasteiger partial charge < -0.3 is 14.8 Å². The van der Waals surface area contributed by atoms with Crippen LogP contribution in [0.1, 0.15) is 53.9 Å². The topological polar surface area (TPSA) is 30.5 Å². The Morgan fingerprint density at radius 1 is 0.889 bits per heavy atom. The monoisotopic (exact) mass is 259 g/mol. The van der Waals surface area contributed by atoms with E-state index in [0.29, 0.717) is 18.1 Å². The van der Waals surface area contributed by atoms with E-state index in [1.807, 2.05) is 0 Å². The fourth-order valence-corrected chi connectivity index (χ4v) is 1.60. The van der Waals surface area contributed by atoms with E-state index in [1.165, 1.54) is 12.8 Å². The highest BCUT2D eigenvalue weighted by molar-refractivity contribution is 4.60. The molecule has 0 amide bonds. The summed E-state index contributed by atoms with van der Waals surface area (Å²) in [4.78, 5) is 0. The Labute approximate surface area is 114 Å². The van der Waals surface area contributed by atoms with Crippen LogP contribution in [-0.2, 0) is 9.47 Å². The van der Waals surface area contributed by atoms with Gasteiger partial charge in [-0.25, -0.2) is 0 Å². The number of ether oxygens (including phenoxy) is 2. The largest absolute Gasteiger partial charge is 0.379 e. The van der Waals surface area contributed by atoms with Crippen molar-refractivity contribution < 1.29 is 9.47 Å². The normalized spacial score (nSPS) is 12.3. The lowest BCUT2D eigenvalue weighted by Gasteiger charge is -2.17. The molecule has 1 N–H and O–H groups in total. The van der Waals surface area contributed by atoms with Gasteiger partial charge in [0.2, 0.25) is 0 Å². The van der Waals surface area contributed by atoms with Crippen LogP contribution in [0.3, 0.4) is 0 Å². The summed E-state index contributed by atoms with van der Waals surface area (Å²) in [5, 5.41) is 3.31. The Balaban J connectivity index is 3.04. The lowest BCUT2D eigenvalue weighted by molar-refractivity contribution is 0.0464. The third-order valence-corrected chi connectivity index (χ3v) is 2.64. The van der Waals surface area contributed by atoms with Crippen molar-refractivity contribution in [2.45, 2.75) is 59.9 Å². The first kappa shape index (κ1) is 17.9. The highest BCUT2D eigenvalue weighted by atomic mass is 16.5. The van der Waals surface area contributed by atoms with E-state index in [4.69, 9.17) is 9.47 Å². The molecule has 0 bridgehead atoms. The molecule has 0 aliphatic heterocycles. The summed E-state index contributed by atoms with van der Waals surface area (Å²) in [5.74, 6) is 0. The van der Waals surface area contributed by atoms with Crippen LogP contribution in [0.5, 0.6) is 0 Å². The van der Waals surface area contributed by atoms with Crippen molar-refractivity contribution in [3.63, 3.8) is 0 Å². The molecule has 0 aromatic rings. The maximum absolute atomic E-state index is 5.53. The molecule has 0 saturated carbocycles. The second-order valence-electron chi connectivity index (χ2n) is 6.35. The molecule has 0 saturated heterocycles. The minimum absolute atomic E-state index is 0.451. The van der Waals surface area contributed by atoms with E-state index in [2.05, 4.69) is 39.9 Å². The van der Waals surface area contributed by atoms with Gasteiger partial charge in [0.15, 0.2) is 0 Å². The average Bonchev–Trinajstić information content (AvgIpc) is 2.24. The molecule has 3 nitrogen and oxygen atoms in total. The van der Waals surface area contributed by atoms with Crippen LogP contribution in [0.2, 0.25) is 0 Å². The summed E-state index contributed by atoms with van der Waals surface area (Å²) >= 11 is 0. The fourth-order valence-electron chi connectivity index (χ4n) is 1.60. The molecule has 0 aromatic heterocycles. The number of rotatable bonds is 11. The zero-order valence-electron chi connectivity index (χ0n) is 13.1. The average molecular weight is 259 g/mol. The molecular formula is C15H33NO2. The molecule has 0 aromatic carbocycles. The van der Waals surface area contributed by atoms with E-state index >= 15 is 0 Å². The van der Waals surface area contributed by atoms with Gasteiger partial charge in [-0.1, -0.05) is 41.0 Å². The maximum Gasteiger partial charge on any atom is 0.0701 e. The SMILES string of the molecule is CC(C)NCCOCCOCCCCC(C)(C)C. The summed E-state index contributed by atoms with van der Waals surface area (Å²) in [7, 11) is 0. The standard InChI is InChI=1S/C15H33NO2/c1-14(2)16-9-11-18-13-12-17-10-7-6-8-15(3,4)5/h14,16H,6-13H2,1-5H3. The van der Waals surface area contributed by atoms with E-state index in [0.717, 1.165) is 32.8 Å². The highest BCUT2D eigenvalue weighted by Gasteiger charge is 2.08. The minimum atomic E-state index is 0.451. The van der Waals surface area contributed by atoms with Gasteiger partial charge in [-0.2, -0.15) is 0 Å². The summed E-state index contributed by atoms with van der Waals surface area (Å²) < 4.78 is 11.0. The minimum Gasteiger partial charge on any atom is -0.379 e. The van der Waals surface area contributed by atoms with Crippen molar-refractivity contribution in [3.05, 3.63) is 0 Å². The summed E-state index contributed by atoms with van der Waals surface area (Å²) in [6.45, 7) is 15.1. The Morgan fingerprint density at radius 3 is 2.06 bits per heavy atom. The van der Waals surface area contributed by atoms with Crippen molar-refractivity contribution in [3.8, 4) is 0 Å². The number of unbranched alkanes of at least 4 members (excludes halogenated alkanes) is 1. The van der Waals surface area contributed by atoms with Gasteiger partial charge in [-0.05, 0) is 18.3 Å². The van der Waals surface area contributed by atoms with Crippen molar-refractivity contribution in [1.29, 1.82) is 0 Å². The smallest absolute Gasteiger partial charge is 0.0701 e. The van der Waals surface area contributed by atoms with Gasteiger partial charge in [-0.15, -0.1) is 0 Å². The first-order valence-corrected chi connectivity index (χ1v) is 7.31. The van der Waals surface area contributed by atoms with Crippen molar-refractivity contribution >= 4 is 0 Å². The molecule has 3 heteroatoms. The van der Waals surface area contributed by atoms with Gasteiger partial charge >= 0.3 is 0 Å². The van der Waals surface area contributed by atoms with Gasteiger partial charge in [0.05, 0.1) is 19.8 Å². The van der Waals surface area contributed by atoms with E-state index in [9.17, 15) is 0 Å². The van der Waals surface area contributed by atoms with Crippen LogP contribution in [0, 0.1) is 5.41 Å². The molecule has 110 valence electrons. The number of nitrogens with one attached hydrogen (secondary N) is 1. The third kappa shape index (κ3) is 15.9. The molecule has 18 heavy (non-hydrogen) atoms. The Morgan fingerprint density at radius 2 is 1.50 bits per heavy atom. The van der Waals surface area contributed by atoms with Gasteiger partial charge in [-0.3, -0.25) is 0 Å². The molecule has 0 heterocycles. The second-order valence-corrected chi connectivity index (χ2v) is 6.35. The van der Waals surface area contributed by atoms with Crippen molar-refractivity contribution in [2.24, 2.45) is 5.41 Å². The van der Waals surface area contributed by atoms with Crippen LogP contribution in [0.25, 0.3) is 0 Å². The Kier molecular flexibility index (Phi) is 10.7. The molecule has 0 spiro atoms. The first-order chi connectivity index (χ1) is 8.42. The van der Waals surface area contributed by atoms with Crippen LogP contribution in [-0.4, -0.2) is 39.0 Å². The fraction of sp³-hybridized carbons (Fsp3) is 1.00. The summed E-state index contributed by atoms with van der Waals surface area (Å²) in [6, 6.07) is 0.535. The molecule has 0 aliphatic rings. The number of hydrogen-bond acceptors (Lipinski definition) is 3. The number of hydrogen-bond donors (Lipinski definition) is 1. The molecule has 0 radical (unpaired) electrons. The predicted octanol–water partition coefficient (Wildman–Crippen LogP) is 3.23. The van der Waals surface area contributed by atoms with Crippen molar-refractivity contribution in [1.82, 2.24) is 5.32 Å². The van der Waals surface area contributed by atoms with Crippen LogP contribution < -0.4 is 5.32 Å². The van der Waals surface area contributed by atoms with Crippen LogP contribution in [0.15, 0.2) is 0 Å². The van der Waals surface area contributed by atoms with Gasteiger partial charge in [0.1, 0.15) is 0 Å². The Hall–Kier alpha value is -0.120.